The molecule has 0 spiro atoms. The molecule has 1 aliphatic rings. The number of piperidine rings is 1. The fraction of sp³-hybridized carbons (Fsp3) is 0.619. The maximum absolute atomic E-state index is 12.5. The highest BCUT2D eigenvalue weighted by Crippen LogP contribution is 2.25. The molecule has 2 rings (SSSR count). The minimum absolute atomic E-state index is 0.203. The number of likely N-dealkylation sites (tertiary alicyclic amines) is 1. The average molecular weight is 376 g/mol. The second-order valence-electron chi connectivity index (χ2n) is 7.96. The molecule has 2 atom stereocenters. The van der Waals surface area contributed by atoms with E-state index in [-0.39, 0.29) is 30.8 Å². The van der Waals surface area contributed by atoms with Gasteiger partial charge >= 0.3 is 12.1 Å². The van der Waals surface area contributed by atoms with Crippen molar-refractivity contribution >= 4 is 12.1 Å². The standard InChI is InChI=1S/C21H32N2O4/c1-5-12-22-18-14-17(11-13-23(18)20(25)27-21(2,3)4)19(24)26-15-16-9-7-6-8-10-16/h6-10,17-18,22H,5,11-15H2,1-4H3. The van der Waals surface area contributed by atoms with E-state index in [1.54, 1.807) is 4.90 Å². The van der Waals surface area contributed by atoms with Gasteiger partial charge < -0.3 is 9.47 Å². The van der Waals surface area contributed by atoms with Gasteiger partial charge in [-0.25, -0.2) is 4.79 Å². The highest BCUT2D eigenvalue weighted by molar-refractivity contribution is 5.74. The zero-order valence-electron chi connectivity index (χ0n) is 16.9. The predicted octanol–water partition coefficient (Wildman–Crippen LogP) is 3.70. The maximum Gasteiger partial charge on any atom is 0.411 e. The summed E-state index contributed by atoms with van der Waals surface area (Å²) in [5.41, 5.74) is 0.426. The second kappa shape index (κ2) is 9.74. The number of amides is 1. The number of carbonyl (C=O) groups is 2. The second-order valence-corrected chi connectivity index (χ2v) is 7.96. The van der Waals surface area contributed by atoms with Crippen molar-refractivity contribution in [3.05, 3.63) is 35.9 Å². The number of hydrogen-bond acceptors (Lipinski definition) is 5. The van der Waals surface area contributed by atoms with Gasteiger partial charge in [0, 0.05) is 6.54 Å². The summed E-state index contributed by atoms with van der Waals surface area (Å²) in [7, 11) is 0. The maximum atomic E-state index is 12.5. The third kappa shape index (κ3) is 6.86. The van der Waals surface area contributed by atoms with Crippen molar-refractivity contribution in [2.75, 3.05) is 13.1 Å². The van der Waals surface area contributed by atoms with Crippen LogP contribution in [0.2, 0.25) is 0 Å². The quantitative estimate of drug-likeness (QED) is 0.767. The van der Waals surface area contributed by atoms with Crippen LogP contribution in [0.1, 0.15) is 52.5 Å². The van der Waals surface area contributed by atoms with Gasteiger partial charge in [-0.1, -0.05) is 37.3 Å². The summed E-state index contributed by atoms with van der Waals surface area (Å²) in [6, 6.07) is 9.65. The highest BCUT2D eigenvalue weighted by atomic mass is 16.6. The van der Waals surface area contributed by atoms with Gasteiger partial charge in [0.15, 0.2) is 0 Å². The Morgan fingerprint density at radius 2 is 1.93 bits per heavy atom. The van der Waals surface area contributed by atoms with Crippen LogP contribution in [-0.2, 0) is 20.9 Å². The highest BCUT2D eigenvalue weighted by Gasteiger charge is 2.37. The van der Waals surface area contributed by atoms with E-state index >= 15 is 0 Å². The number of esters is 1. The molecule has 0 aliphatic carbocycles. The summed E-state index contributed by atoms with van der Waals surface area (Å²) in [4.78, 5) is 26.7. The molecular formula is C21H32N2O4. The first-order chi connectivity index (χ1) is 12.8. The number of hydrogen-bond donors (Lipinski definition) is 1. The molecule has 6 heteroatoms. The average Bonchev–Trinajstić information content (AvgIpc) is 2.63. The van der Waals surface area contributed by atoms with Gasteiger partial charge in [-0.2, -0.15) is 0 Å². The summed E-state index contributed by atoms with van der Waals surface area (Å²) in [5.74, 6) is -0.423. The van der Waals surface area contributed by atoms with E-state index in [0.717, 1.165) is 18.5 Å². The van der Waals surface area contributed by atoms with Gasteiger partial charge in [-0.3, -0.25) is 15.0 Å². The number of benzene rings is 1. The van der Waals surface area contributed by atoms with E-state index in [9.17, 15) is 9.59 Å². The largest absolute Gasteiger partial charge is 0.461 e. The van der Waals surface area contributed by atoms with Crippen LogP contribution in [0.3, 0.4) is 0 Å². The van der Waals surface area contributed by atoms with Crippen molar-refractivity contribution in [2.45, 2.75) is 65.3 Å². The van der Waals surface area contributed by atoms with Crippen molar-refractivity contribution in [1.29, 1.82) is 0 Å². The molecule has 2 unspecified atom stereocenters. The van der Waals surface area contributed by atoms with E-state index in [0.29, 0.717) is 19.4 Å². The normalized spacial score (nSPS) is 20.2. The Morgan fingerprint density at radius 1 is 1.22 bits per heavy atom. The van der Waals surface area contributed by atoms with Crippen molar-refractivity contribution in [3.63, 3.8) is 0 Å². The summed E-state index contributed by atoms with van der Waals surface area (Å²) in [5, 5.41) is 3.36. The zero-order valence-corrected chi connectivity index (χ0v) is 16.9. The molecule has 150 valence electrons. The van der Waals surface area contributed by atoms with Crippen LogP contribution >= 0.6 is 0 Å². The zero-order chi connectivity index (χ0) is 19.9. The van der Waals surface area contributed by atoms with Gasteiger partial charge in [0.25, 0.3) is 0 Å². The monoisotopic (exact) mass is 376 g/mol. The molecule has 1 heterocycles. The molecule has 1 aliphatic heterocycles. The van der Waals surface area contributed by atoms with Gasteiger partial charge in [-0.15, -0.1) is 0 Å². The Hall–Kier alpha value is -2.08. The molecule has 0 bridgehead atoms. The number of nitrogens with one attached hydrogen (secondary N) is 1. The van der Waals surface area contributed by atoms with E-state index in [1.165, 1.54) is 0 Å². The Bertz CT molecular complexity index is 612. The molecule has 1 amide bonds. The van der Waals surface area contributed by atoms with Gasteiger partial charge in [-0.05, 0) is 52.1 Å². The van der Waals surface area contributed by atoms with E-state index in [1.807, 2.05) is 51.1 Å². The Balaban J connectivity index is 1.95. The fourth-order valence-electron chi connectivity index (χ4n) is 3.07. The molecule has 0 saturated carbocycles. The Kier molecular flexibility index (Phi) is 7.66. The lowest BCUT2D eigenvalue weighted by Crippen LogP contribution is -2.55. The van der Waals surface area contributed by atoms with E-state index in [4.69, 9.17) is 9.47 Å². The first-order valence-electron chi connectivity index (χ1n) is 9.73. The topological polar surface area (TPSA) is 67.9 Å². The third-order valence-corrected chi connectivity index (χ3v) is 4.42. The first kappa shape index (κ1) is 21.2. The summed E-state index contributed by atoms with van der Waals surface area (Å²) >= 11 is 0. The fourth-order valence-corrected chi connectivity index (χ4v) is 3.07. The van der Waals surface area contributed by atoms with Crippen LogP contribution in [0.15, 0.2) is 30.3 Å². The molecular weight excluding hydrogens is 344 g/mol. The molecule has 1 aromatic rings. The van der Waals surface area contributed by atoms with E-state index < -0.39 is 5.60 Å². The van der Waals surface area contributed by atoms with Crippen LogP contribution in [0.4, 0.5) is 4.79 Å². The predicted molar refractivity (Wildman–Crippen MR) is 104 cm³/mol. The molecule has 1 fully saturated rings. The molecule has 0 aromatic heterocycles. The number of carbonyl (C=O) groups excluding carboxylic acids is 2. The lowest BCUT2D eigenvalue weighted by atomic mass is 9.94. The van der Waals surface area contributed by atoms with Crippen molar-refractivity contribution in [1.82, 2.24) is 10.2 Å². The molecule has 1 aromatic carbocycles. The first-order valence-corrected chi connectivity index (χ1v) is 9.73. The number of rotatable bonds is 6. The lowest BCUT2D eigenvalue weighted by molar-refractivity contribution is -0.152. The van der Waals surface area contributed by atoms with Crippen LogP contribution in [-0.4, -0.2) is 41.8 Å². The molecule has 1 saturated heterocycles. The molecule has 1 N–H and O–H groups in total. The SMILES string of the molecule is CCCNC1CC(C(=O)OCc2ccccc2)CCN1C(=O)OC(C)(C)C. The van der Waals surface area contributed by atoms with Crippen LogP contribution in [0.5, 0.6) is 0 Å². The minimum atomic E-state index is -0.544. The van der Waals surface area contributed by atoms with Crippen LogP contribution in [0, 0.1) is 5.92 Å². The minimum Gasteiger partial charge on any atom is -0.461 e. The molecule has 0 radical (unpaired) electrons. The van der Waals surface area contributed by atoms with Gasteiger partial charge in [0.05, 0.1) is 12.1 Å². The molecule has 6 nitrogen and oxygen atoms in total. The van der Waals surface area contributed by atoms with Crippen molar-refractivity contribution < 1.29 is 19.1 Å². The van der Waals surface area contributed by atoms with E-state index in [2.05, 4.69) is 12.2 Å². The van der Waals surface area contributed by atoms with Crippen molar-refractivity contribution in [3.8, 4) is 0 Å². The molecule has 27 heavy (non-hydrogen) atoms. The van der Waals surface area contributed by atoms with Gasteiger partial charge in [0.2, 0.25) is 0 Å². The Morgan fingerprint density at radius 3 is 2.56 bits per heavy atom. The Labute approximate surface area is 162 Å². The summed E-state index contributed by atoms with van der Waals surface area (Å²) in [6.07, 6.45) is 1.50. The summed E-state index contributed by atoms with van der Waals surface area (Å²) < 4.78 is 11.0. The third-order valence-electron chi connectivity index (χ3n) is 4.42. The van der Waals surface area contributed by atoms with Crippen LogP contribution < -0.4 is 5.32 Å². The lowest BCUT2D eigenvalue weighted by Gasteiger charge is -2.39. The number of nitrogens with zero attached hydrogens (tertiary/aromatic N) is 1. The van der Waals surface area contributed by atoms with Crippen LogP contribution in [0.25, 0.3) is 0 Å². The smallest absolute Gasteiger partial charge is 0.411 e. The van der Waals surface area contributed by atoms with Crippen molar-refractivity contribution in [2.24, 2.45) is 5.92 Å². The van der Waals surface area contributed by atoms with Gasteiger partial charge in [0.1, 0.15) is 12.2 Å². The summed E-state index contributed by atoms with van der Waals surface area (Å²) in [6.45, 7) is 9.16. The number of ether oxygens (including phenoxy) is 2.